The highest BCUT2D eigenvalue weighted by molar-refractivity contribution is 7.91. The molecule has 0 aromatic carbocycles. The monoisotopic (exact) mass is 529 g/mol. The molecule has 180 valence electrons. The maximum Gasteiger partial charge on any atom is 0.420 e. The van der Waals surface area contributed by atoms with Crippen LogP contribution in [0.3, 0.4) is 0 Å². The predicted octanol–water partition coefficient (Wildman–Crippen LogP) is 3.71. The molecule has 1 saturated heterocycles. The molecule has 1 aliphatic heterocycles. The third-order valence-corrected chi connectivity index (χ3v) is 9.47. The van der Waals surface area contributed by atoms with Crippen molar-refractivity contribution in [2.45, 2.75) is 36.2 Å². The Bertz CT molecular complexity index is 1350. The highest BCUT2D eigenvalue weighted by atomic mass is 32.2. The quantitative estimate of drug-likeness (QED) is 0.510. The summed E-state index contributed by atoms with van der Waals surface area (Å²) in [5, 5.41) is 12.3. The van der Waals surface area contributed by atoms with Crippen LogP contribution in [0.1, 0.15) is 28.8 Å². The van der Waals surface area contributed by atoms with E-state index in [0.29, 0.717) is 17.7 Å². The second-order valence-electron chi connectivity index (χ2n) is 7.49. The van der Waals surface area contributed by atoms with Crippen LogP contribution in [0.4, 0.5) is 24.3 Å². The molecule has 1 fully saturated rings. The molecular weight excluding hydrogens is 511 g/mol. The van der Waals surface area contributed by atoms with Crippen molar-refractivity contribution in [2.24, 2.45) is 0 Å². The largest absolute Gasteiger partial charge is 0.420 e. The number of thiophene rings is 1. The Kier molecular flexibility index (Phi) is 6.51. The molecule has 1 aliphatic rings. The second-order valence-corrected chi connectivity index (χ2v) is 12.0. The van der Waals surface area contributed by atoms with Gasteiger partial charge in [-0.15, -0.1) is 11.3 Å². The van der Waals surface area contributed by atoms with Crippen molar-refractivity contribution in [3.05, 3.63) is 34.5 Å². The third-order valence-electron chi connectivity index (χ3n) is 5.25. The topological polar surface area (TPSA) is 138 Å². The molecule has 34 heavy (non-hydrogen) atoms. The molecule has 9 nitrogen and oxygen atoms in total. The average Bonchev–Trinajstić information content (AvgIpc) is 3.39. The molecule has 0 radical (unpaired) electrons. The molecule has 3 aromatic heterocycles. The molecule has 0 aliphatic carbocycles. The lowest BCUT2D eigenvalue weighted by molar-refractivity contribution is -0.137. The summed E-state index contributed by atoms with van der Waals surface area (Å²) in [6.07, 6.45) is -1.91. The number of alkyl halides is 3. The number of nitrogens with zero attached hydrogens (tertiary/aromatic N) is 5. The van der Waals surface area contributed by atoms with E-state index >= 15 is 0 Å². The van der Waals surface area contributed by atoms with Crippen LogP contribution in [0.5, 0.6) is 0 Å². The van der Waals surface area contributed by atoms with E-state index in [0.717, 1.165) is 28.9 Å². The number of thiazole rings is 1. The first kappa shape index (κ1) is 24.3. The molecular formula is C19H18F3N7O2S3. The van der Waals surface area contributed by atoms with Gasteiger partial charge in [0.25, 0.3) is 10.0 Å². The molecule has 3 N–H and O–H groups in total. The van der Waals surface area contributed by atoms with Crippen molar-refractivity contribution < 1.29 is 21.6 Å². The van der Waals surface area contributed by atoms with E-state index in [1.165, 1.54) is 16.6 Å². The number of piperidine rings is 1. The average molecular weight is 530 g/mol. The molecule has 0 saturated carbocycles. The molecule has 4 rings (SSSR count). The Morgan fingerprint density at radius 2 is 1.94 bits per heavy atom. The smallest absolute Gasteiger partial charge is 0.375 e. The molecule has 0 bridgehead atoms. The lowest BCUT2D eigenvalue weighted by Crippen LogP contribution is -2.42. The van der Waals surface area contributed by atoms with E-state index in [2.05, 4.69) is 20.3 Å². The Labute approximate surface area is 201 Å². The second kappa shape index (κ2) is 9.10. The summed E-state index contributed by atoms with van der Waals surface area (Å²) in [7, 11) is -3.71. The van der Waals surface area contributed by atoms with Gasteiger partial charge in [0.1, 0.15) is 11.6 Å². The number of hydrogen-bond acceptors (Lipinski definition) is 10. The Balaban J connectivity index is 1.52. The fourth-order valence-corrected chi connectivity index (χ4v) is 7.01. The summed E-state index contributed by atoms with van der Waals surface area (Å²) in [6.45, 7) is 2.07. The van der Waals surface area contributed by atoms with E-state index in [9.17, 15) is 21.6 Å². The first-order valence-corrected chi connectivity index (χ1v) is 13.0. The van der Waals surface area contributed by atoms with E-state index in [-0.39, 0.29) is 50.6 Å². The zero-order valence-corrected chi connectivity index (χ0v) is 20.1. The van der Waals surface area contributed by atoms with Crippen molar-refractivity contribution in [2.75, 3.05) is 24.1 Å². The van der Waals surface area contributed by atoms with Crippen LogP contribution in [0, 0.1) is 18.3 Å². The molecule has 0 amide bonds. The maximum atomic E-state index is 13.6. The molecule has 15 heteroatoms. The van der Waals surface area contributed by atoms with E-state index < -0.39 is 21.8 Å². The van der Waals surface area contributed by atoms with Gasteiger partial charge in [-0.25, -0.2) is 23.4 Å². The molecule has 0 unspecified atom stereocenters. The lowest BCUT2D eigenvalue weighted by atomic mass is 10.1. The Morgan fingerprint density at radius 1 is 1.24 bits per heavy atom. The SMILES string of the molecule is Cc1sc(-c2nc(NC3CCN(S(=O)(=O)c4cnc(N)s4)CC3)ncc2C(F)(F)F)cc1C#N. The molecule has 3 aromatic rings. The highest BCUT2D eigenvalue weighted by Gasteiger charge is 2.36. The van der Waals surface area contributed by atoms with Gasteiger partial charge in [-0.05, 0) is 25.8 Å². The van der Waals surface area contributed by atoms with Gasteiger partial charge in [-0.3, -0.25) is 0 Å². The highest BCUT2D eigenvalue weighted by Crippen LogP contribution is 2.39. The van der Waals surface area contributed by atoms with E-state index in [4.69, 9.17) is 11.0 Å². The molecule has 0 spiro atoms. The minimum Gasteiger partial charge on any atom is -0.375 e. The zero-order valence-electron chi connectivity index (χ0n) is 17.6. The summed E-state index contributed by atoms with van der Waals surface area (Å²) in [4.78, 5) is 12.5. The van der Waals surface area contributed by atoms with Crippen molar-refractivity contribution >= 4 is 43.8 Å². The molecule has 0 atom stereocenters. The Morgan fingerprint density at radius 3 is 2.50 bits per heavy atom. The van der Waals surface area contributed by atoms with Gasteiger partial charge in [0.15, 0.2) is 9.34 Å². The summed E-state index contributed by atoms with van der Waals surface area (Å²) < 4.78 is 67.6. The minimum atomic E-state index is -4.67. The molecule has 4 heterocycles. The van der Waals surface area contributed by atoms with Crippen LogP contribution in [0.25, 0.3) is 10.6 Å². The van der Waals surface area contributed by atoms with Crippen LogP contribution in [-0.4, -0.2) is 46.8 Å². The number of nitrogens with two attached hydrogens (primary N) is 1. The van der Waals surface area contributed by atoms with Crippen LogP contribution >= 0.6 is 22.7 Å². The number of aromatic nitrogens is 3. The number of nitriles is 1. The van der Waals surface area contributed by atoms with Crippen LogP contribution in [0.15, 0.2) is 22.7 Å². The zero-order chi connectivity index (χ0) is 24.7. The van der Waals surface area contributed by atoms with Gasteiger partial charge < -0.3 is 11.1 Å². The first-order chi connectivity index (χ1) is 16.0. The number of nitrogen functional groups attached to an aromatic ring is 1. The number of halogens is 3. The van der Waals surface area contributed by atoms with Crippen molar-refractivity contribution in [3.63, 3.8) is 0 Å². The minimum absolute atomic E-state index is 0.00379. The number of aryl methyl sites for hydroxylation is 1. The van der Waals surface area contributed by atoms with Gasteiger partial charge in [-0.2, -0.15) is 22.7 Å². The van der Waals surface area contributed by atoms with Gasteiger partial charge in [0.2, 0.25) is 5.95 Å². The number of rotatable bonds is 5. The number of anilines is 2. The predicted molar refractivity (Wildman–Crippen MR) is 122 cm³/mol. The summed E-state index contributed by atoms with van der Waals surface area (Å²) in [5.74, 6) is 0.00379. The first-order valence-electron chi connectivity index (χ1n) is 9.92. The fraction of sp³-hybridized carbons (Fsp3) is 0.368. The fourth-order valence-electron chi connectivity index (χ4n) is 3.50. The maximum absolute atomic E-state index is 13.6. The van der Waals surface area contributed by atoms with E-state index in [1.807, 2.05) is 6.07 Å². The normalized spacial score (nSPS) is 15.9. The summed E-state index contributed by atoms with van der Waals surface area (Å²) in [6, 6.07) is 3.11. The van der Waals surface area contributed by atoms with Crippen molar-refractivity contribution in [1.82, 2.24) is 19.3 Å². The Hall–Kier alpha value is -2.80. The standard InChI is InChI=1S/C19H18F3N7O2S3/c1-10-11(7-23)6-14(32-10)16-13(19(20,21)22)8-26-18(28-16)27-12-2-4-29(5-3-12)34(30,31)15-9-25-17(24)33-15/h6,8-9,12H,2-5H2,1H3,(H2,24,25)(H,26,27,28). The van der Waals surface area contributed by atoms with Gasteiger partial charge in [0.05, 0.1) is 22.3 Å². The van der Waals surface area contributed by atoms with Crippen molar-refractivity contribution in [1.29, 1.82) is 5.26 Å². The third kappa shape index (κ3) is 4.85. The van der Waals surface area contributed by atoms with E-state index in [1.54, 1.807) is 6.92 Å². The van der Waals surface area contributed by atoms with Gasteiger partial charge >= 0.3 is 6.18 Å². The van der Waals surface area contributed by atoms with Gasteiger partial charge in [0, 0.05) is 30.2 Å². The number of hydrogen-bond donors (Lipinski definition) is 2. The summed E-state index contributed by atoms with van der Waals surface area (Å²) in [5.41, 5.74) is 4.53. The summed E-state index contributed by atoms with van der Waals surface area (Å²) >= 11 is 1.94. The number of sulfonamides is 1. The van der Waals surface area contributed by atoms with Crippen LogP contribution < -0.4 is 11.1 Å². The van der Waals surface area contributed by atoms with Crippen molar-refractivity contribution in [3.8, 4) is 16.6 Å². The van der Waals surface area contributed by atoms with Crippen LogP contribution in [0.2, 0.25) is 0 Å². The number of nitrogens with one attached hydrogen (secondary N) is 1. The van der Waals surface area contributed by atoms with Crippen LogP contribution in [-0.2, 0) is 16.2 Å². The lowest BCUT2D eigenvalue weighted by Gasteiger charge is -2.31. The van der Waals surface area contributed by atoms with Gasteiger partial charge in [-0.1, -0.05) is 11.3 Å².